The molecule has 140 valence electrons. The molecule has 1 amide bonds. The zero-order chi connectivity index (χ0) is 18.9. The van der Waals surface area contributed by atoms with Gasteiger partial charge < -0.3 is 10.1 Å². The van der Waals surface area contributed by atoms with E-state index in [1.807, 2.05) is 36.6 Å². The first-order valence-electron chi connectivity index (χ1n) is 8.75. The Morgan fingerprint density at radius 3 is 2.78 bits per heavy atom. The molecule has 3 heterocycles. The van der Waals surface area contributed by atoms with Crippen LogP contribution in [0.5, 0.6) is 0 Å². The van der Waals surface area contributed by atoms with Crippen molar-refractivity contribution in [2.75, 3.05) is 13.2 Å². The maximum absolute atomic E-state index is 13.2. The number of benzene rings is 1. The van der Waals surface area contributed by atoms with Crippen LogP contribution < -0.4 is 5.32 Å². The fourth-order valence-corrected chi connectivity index (χ4v) is 5.54. The van der Waals surface area contributed by atoms with Gasteiger partial charge in [-0.3, -0.25) is 4.79 Å². The number of carbonyl (C=O) groups is 1. The van der Waals surface area contributed by atoms with Gasteiger partial charge in [0.25, 0.3) is 5.91 Å². The highest BCUT2D eigenvalue weighted by molar-refractivity contribution is 9.10. The average Bonchev–Trinajstić information content (AvgIpc) is 3.32. The summed E-state index contributed by atoms with van der Waals surface area (Å²) in [5.41, 5.74) is 1.46. The fourth-order valence-electron chi connectivity index (χ4n) is 3.38. The maximum Gasteiger partial charge on any atom is 0.263 e. The van der Waals surface area contributed by atoms with Crippen LogP contribution in [0.25, 0.3) is 9.88 Å². The number of carbonyl (C=O) groups excluding carboxylic acids is 1. The molecule has 4 nitrogen and oxygen atoms in total. The highest BCUT2D eigenvalue weighted by atomic mass is 79.9. The van der Waals surface area contributed by atoms with Crippen molar-refractivity contribution in [3.05, 3.63) is 62.4 Å². The number of thiophene rings is 1. The molecule has 1 N–H and O–H groups in total. The summed E-state index contributed by atoms with van der Waals surface area (Å²) in [6.45, 7) is 3.17. The van der Waals surface area contributed by atoms with Gasteiger partial charge in [-0.15, -0.1) is 22.7 Å². The molecule has 3 aromatic rings. The standard InChI is InChI=1S/C20H19BrN2O2S2/c1-13-17(27-19(22-13)16-6-3-11-26-16)18(24)23-20(7-9-25-10-8-20)14-4-2-5-15(21)12-14/h2-6,11-12H,7-10H2,1H3,(H,23,24). The van der Waals surface area contributed by atoms with E-state index in [9.17, 15) is 4.79 Å². The van der Waals surface area contributed by atoms with Crippen molar-refractivity contribution in [3.63, 3.8) is 0 Å². The molecule has 0 bridgehead atoms. The Hall–Kier alpha value is -1.54. The maximum atomic E-state index is 13.2. The molecule has 27 heavy (non-hydrogen) atoms. The van der Waals surface area contributed by atoms with E-state index in [4.69, 9.17) is 4.74 Å². The van der Waals surface area contributed by atoms with Gasteiger partial charge >= 0.3 is 0 Å². The molecule has 1 aliphatic rings. The Bertz CT molecular complexity index is 947. The molecule has 1 saturated heterocycles. The number of aryl methyl sites for hydroxylation is 1. The van der Waals surface area contributed by atoms with Gasteiger partial charge in [-0.25, -0.2) is 4.98 Å². The highest BCUT2D eigenvalue weighted by Gasteiger charge is 2.37. The van der Waals surface area contributed by atoms with Gasteiger partial charge in [0.2, 0.25) is 0 Å². The molecule has 0 spiro atoms. The van der Waals surface area contributed by atoms with Gasteiger partial charge in [0.1, 0.15) is 9.88 Å². The number of hydrogen-bond acceptors (Lipinski definition) is 5. The van der Waals surface area contributed by atoms with Crippen molar-refractivity contribution in [2.24, 2.45) is 0 Å². The molecular formula is C20H19BrN2O2S2. The summed E-state index contributed by atoms with van der Waals surface area (Å²) in [5, 5.41) is 6.25. The first-order chi connectivity index (χ1) is 13.1. The lowest BCUT2D eigenvalue weighted by molar-refractivity contribution is 0.0346. The SMILES string of the molecule is Cc1nc(-c2cccs2)sc1C(=O)NC1(c2cccc(Br)c2)CCOCC1. The zero-order valence-electron chi connectivity index (χ0n) is 14.8. The van der Waals surface area contributed by atoms with Gasteiger partial charge in [-0.1, -0.05) is 34.1 Å². The van der Waals surface area contributed by atoms with Gasteiger partial charge in [0, 0.05) is 17.7 Å². The number of aromatic nitrogens is 1. The molecule has 0 unspecified atom stereocenters. The minimum Gasteiger partial charge on any atom is -0.381 e. The quantitative estimate of drug-likeness (QED) is 0.566. The molecule has 0 saturated carbocycles. The monoisotopic (exact) mass is 462 g/mol. The van der Waals surface area contributed by atoms with Crippen molar-refractivity contribution < 1.29 is 9.53 Å². The molecular weight excluding hydrogens is 444 g/mol. The van der Waals surface area contributed by atoms with Crippen molar-refractivity contribution in [3.8, 4) is 9.88 Å². The van der Waals surface area contributed by atoms with E-state index in [1.165, 1.54) is 11.3 Å². The van der Waals surface area contributed by atoms with E-state index >= 15 is 0 Å². The number of hydrogen-bond donors (Lipinski definition) is 1. The normalized spacial score (nSPS) is 16.2. The molecule has 4 rings (SSSR count). The number of ether oxygens (including phenoxy) is 1. The summed E-state index contributed by atoms with van der Waals surface area (Å²) in [7, 11) is 0. The van der Waals surface area contributed by atoms with Crippen molar-refractivity contribution in [2.45, 2.75) is 25.3 Å². The van der Waals surface area contributed by atoms with Crippen molar-refractivity contribution in [1.82, 2.24) is 10.3 Å². The summed E-state index contributed by atoms with van der Waals surface area (Å²) in [5.74, 6) is -0.0605. The number of rotatable bonds is 4. The second-order valence-corrected chi connectivity index (χ2v) is 9.43. The zero-order valence-corrected chi connectivity index (χ0v) is 18.0. The van der Waals surface area contributed by atoms with Gasteiger partial charge in [-0.05, 0) is 48.9 Å². The van der Waals surface area contributed by atoms with Crippen LogP contribution in [0, 0.1) is 6.92 Å². The fraction of sp³-hybridized carbons (Fsp3) is 0.300. The van der Waals surface area contributed by atoms with Crippen LogP contribution in [-0.2, 0) is 10.3 Å². The second-order valence-electron chi connectivity index (χ2n) is 6.57. The van der Waals surface area contributed by atoms with Gasteiger partial charge in [0.15, 0.2) is 0 Å². The van der Waals surface area contributed by atoms with E-state index in [0.29, 0.717) is 18.1 Å². The smallest absolute Gasteiger partial charge is 0.263 e. The van der Waals surface area contributed by atoms with Crippen LogP contribution in [0.1, 0.15) is 33.8 Å². The third-order valence-electron chi connectivity index (χ3n) is 4.81. The van der Waals surface area contributed by atoms with Crippen LogP contribution in [0.2, 0.25) is 0 Å². The number of halogens is 1. The number of amides is 1. The van der Waals surface area contributed by atoms with E-state index in [-0.39, 0.29) is 5.91 Å². The Morgan fingerprint density at radius 1 is 1.26 bits per heavy atom. The van der Waals surface area contributed by atoms with Crippen molar-refractivity contribution in [1.29, 1.82) is 0 Å². The minimum atomic E-state index is -0.418. The summed E-state index contributed by atoms with van der Waals surface area (Å²) in [4.78, 5) is 19.6. The molecule has 0 atom stereocenters. The van der Waals surface area contributed by atoms with Crippen LogP contribution >= 0.6 is 38.6 Å². The number of nitrogens with zero attached hydrogens (tertiary/aromatic N) is 1. The van der Waals surface area contributed by atoms with Crippen LogP contribution in [-0.4, -0.2) is 24.1 Å². The number of nitrogens with one attached hydrogen (secondary N) is 1. The molecule has 1 aromatic carbocycles. The minimum absolute atomic E-state index is 0.0605. The Morgan fingerprint density at radius 2 is 2.07 bits per heavy atom. The summed E-state index contributed by atoms with van der Waals surface area (Å²) < 4.78 is 6.58. The van der Waals surface area contributed by atoms with Crippen LogP contribution in [0.15, 0.2) is 46.3 Å². The third-order valence-corrected chi connectivity index (χ3v) is 7.50. The molecule has 7 heteroatoms. The number of thiazole rings is 1. The predicted octanol–water partition coefficient (Wildman–Crippen LogP) is 5.38. The van der Waals surface area contributed by atoms with E-state index < -0.39 is 5.54 Å². The Kier molecular flexibility index (Phi) is 5.45. The lowest BCUT2D eigenvalue weighted by Gasteiger charge is -2.38. The Labute approximate surface area is 174 Å². The molecule has 0 radical (unpaired) electrons. The van der Waals surface area contributed by atoms with Crippen LogP contribution in [0.3, 0.4) is 0 Å². The second kappa shape index (κ2) is 7.83. The Balaban J connectivity index is 1.65. The molecule has 2 aromatic heterocycles. The van der Waals surface area contributed by atoms with Crippen LogP contribution in [0.4, 0.5) is 0 Å². The van der Waals surface area contributed by atoms with E-state index in [1.54, 1.807) is 11.3 Å². The summed E-state index contributed by atoms with van der Waals surface area (Å²) >= 11 is 6.65. The van der Waals surface area contributed by atoms with Crippen molar-refractivity contribution >= 4 is 44.5 Å². The lowest BCUT2D eigenvalue weighted by atomic mass is 9.82. The summed E-state index contributed by atoms with van der Waals surface area (Å²) in [6.07, 6.45) is 1.51. The average molecular weight is 463 g/mol. The molecule has 0 aliphatic carbocycles. The lowest BCUT2D eigenvalue weighted by Crippen LogP contribution is -2.49. The first-order valence-corrected chi connectivity index (χ1v) is 11.2. The molecule has 1 aliphatic heterocycles. The van der Waals surface area contributed by atoms with E-state index in [2.05, 4.69) is 38.4 Å². The van der Waals surface area contributed by atoms with Gasteiger partial charge in [0.05, 0.1) is 16.1 Å². The van der Waals surface area contributed by atoms with E-state index in [0.717, 1.165) is 38.5 Å². The largest absolute Gasteiger partial charge is 0.381 e. The topological polar surface area (TPSA) is 51.2 Å². The third kappa shape index (κ3) is 3.87. The molecule has 1 fully saturated rings. The highest BCUT2D eigenvalue weighted by Crippen LogP contribution is 2.36. The first kappa shape index (κ1) is 18.8. The predicted molar refractivity (Wildman–Crippen MR) is 114 cm³/mol. The summed E-state index contributed by atoms with van der Waals surface area (Å²) in [6, 6.07) is 12.2. The van der Waals surface area contributed by atoms with Gasteiger partial charge in [-0.2, -0.15) is 0 Å².